The van der Waals surface area contributed by atoms with Gasteiger partial charge in [-0.2, -0.15) is 0 Å². The first-order valence-corrected chi connectivity index (χ1v) is 9.29. The Morgan fingerprint density at radius 3 is 2.65 bits per heavy atom. The van der Waals surface area contributed by atoms with Gasteiger partial charge in [-0.1, -0.05) is 49.7 Å². The summed E-state index contributed by atoms with van der Waals surface area (Å²) in [5.74, 6) is 1.73. The van der Waals surface area contributed by atoms with Crippen molar-refractivity contribution in [1.29, 1.82) is 0 Å². The number of carbonyl (C=O) groups is 1. The molecule has 0 bridgehead atoms. The van der Waals surface area contributed by atoms with Crippen LogP contribution in [-0.2, 0) is 11.2 Å². The molecule has 3 rings (SSSR count). The van der Waals surface area contributed by atoms with Crippen LogP contribution in [0.1, 0.15) is 43.1 Å². The van der Waals surface area contributed by atoms with Gasteiger partial charge in [-0.15, -0.1) is 0 Å². The predicted octanol–water partition coefficient (Wildman–Crippen LogP) is 4.13. The summed E-state index contributed by atoms with van der Waals surface area (Å²) in [6.45, 7) is 7.04. The Morgan fingerprint density at radius 2 is 1.92 bits per heavy atom. The number of aryl methyl sites for hydroxylation is 1. The highest BCUT2D eigenvalue weighted by Gasteiger charge is 2.19. The zero-order chi connectivity index (χ0) is 18.5. The van der Waals surface area contributed by atoms with E-state index in [1.54, 1.807) is 0 Å². The summed E-state index contributed by atoms with van der Waals surface area (Å²) in [4.78, 5) is 16.9. The molecule has 1 aromatic carbocycles. The molecule has 0 fully saturated rings. The predicted molar refractivity (Wildman–Crippen MR) is 105 cm³/mol. The van der Waals surface area contributed by atoms with Gasteiger partial charge in [0.05, 0.1) is 11.7 Å². The Bertz CT molecular complexity index is 864. The van der Waals surface area contributed by atoms with Crippen LogP contribution in [0.3, 0.4) is 0 Å². The number of imidazole rings is 1. The molecule has 1 amide bonds. The Kier molecular flexibility index (Phi) is 5.71. The third-order valence-electron chi connectivity index (χ3n) is 4.90. The van der Waals surface area contributed by atoms with Gasteiger partial charge in [0.1, 0.15) is 5.82 Å². The summed E-state index contributed by atoms with van der Waals surface area (Å²) >= 11 is 0. The van der Waals surface area contributed by atoms with E-state index in [2.05, 4.69) is 59.7 Å². The molecule has 1 atom stereocenters. The van der Waals surface area contributed by atoms with Crippen molar-refractivity contribution >= 4 is 11.4 Å². The number of aromatic nitrogens is 2. The van der Waals surface area contributed by atoms with Gasteiger partial charge >= 0.3 is 0 Å². The van der Waals surface area contributed by atoms with Crippen molar-refractivity contribution in [2.45, 2.75) is 39.5 Å². The molecule has 1 N–H and O–H groups in total. The quantitative estimate of drug-likeness (QED) is 0.697. The van der Waals surface area contributed by atoms with Crippen molar-refractivity contribution in [2.24, 2.45) is 5.92 Å². The topological polar surface area (TPSA) is 46.4 Å². The summed E-state index contributed by atoms with van der Waals surface area (Å²) < 4.78 is 2.06. The monoisotopic (exact) mass is 349 g/mol. The zero-order valence-electron chi connectivity index (χ0n) is 15.8. The molecule has 0 radical (unpaired) electrons. The second kappa shape index (κ2) is 8.17. The molecule has 0 saturated heterocycles. The van der Waals surface area contributed by atoms with Crippen LogP contribution >= 0.6 is 0 Å². The molecule has 26 heavy (non-hydrogen) atoms. The summed E-state index contributed by atoms with van der Waals surface area (Å²) in [5, 5.41) is 3.06. The van der Waals surface area contributed by atoms with Gasteiger partial charge in [0.25, 0.3) is 0 Å². The first-order valence-electron chi connectivity index (χ1n) is 9.29. The number of pyridine rings is 1. The van der Waals surface area contributed by atoms with Crippen molar-refractivity contribution in [3.05, 3.63) is 71.8 Å². The van der Waals surface area contributed by atoms with Crippen molar-refractivity contribution in [2.75, 3.05) is 6.54 Å². The number of amides is 1. The van der Waals surface area contributed by atoms with Gasteiger partial charge in [0.2, 0.25) is 5.91 Å². The van der Waals surface area contributed by atoms with Crippen LogP contribution in [-0.4, -0.2) is 21.8 Å². The van der Waals surface area contributed by atoms with Crippen molar-refractivity contribution in [3.63, 3.8) is 0 Å². The molecule has 0 aliphatic heterocycles. The van der Waals surface area contributed by atoms with Gasteiger partial charge in [0, 0.05) is 25.6 Å². The van der Waals surface area contributed by atoms with Gasteiger partial charge < -0.3 is 9.72 Å². The van der Waals surface area contributed by atoms with E-state index >= 15 is 0 Å². The highest BCUT2D eigenvalue weighted by atomic mass is 16.1. The minimum absolute atomic E-state index is 0.102. The van der Waals surface area contributed by atoms with E-state index < -0.39 is 0 Å². The number of carbonyl (C=O) groups excluding carboxylic acids is 1. The van der Waals surface area contributed by atoms with Crippen molar-refractivity contribution in [3.8, 4) is 0 Å². The van der Waals surface area contributed by atoms with E-state index in [-0.39, 0.29) is 11.8 Å². The molecule has 0 saturated carbocycles. The normalized spacial score (nSPS) is 12.5. The van der Waals surface area contributed by atoms with Crippen LogP contribution in [0, 0.1) is 12.8 Å². The van der Waals surface area contributed by atoms with Crippen molar-refractivity contribution < 1.29 is 4.79 Å². The Balaban J connectivity index is 1.56. The number of hydrogen-bond acceptors (Lipinski definition) is 2. The Morgan fingerprint density at radius 1 is 1.15 bits per heavy atom. The molecule has 4 nitrogen and oxygen atoms in total. The average Bonchev–Trinajstić information content (AvgIpc) is 3.04. The fourth-order valence-corrected chi connectivity index (χ4v) is 3.32. The third-order valence-corrected chi connectivity index (χ3v) is 4.90. The second-order valence-corrected chi connectivity index (χ2v) is 7.24. The minimum atomic E-state index is 0.102. The van der Waals surface area contributed by atoms with Gasteiger partial charge in [0.15, 0.2) is 0 Å². The number of fused-ring (bicyclic) bond motifs is 1. The van der Waals surface area contributed by atoms with E-state index in [9.17, 15) is 4.79 Å². The highest BCUT2D eigenvalue weighted by molar-refractivity contribution is 5.76. The first-order chi connectivity index (χ1) is 12.5. The average molecular weight is 349 g/mol. The van der Waals surface area contributed by atoms with Gasteiger partial charge in [-0.25, -0.2) is 4.98 Å². The van der Waals surface area contributed by atoms with Crippen LogP contribution in [0.15, 0.2) is 54.9 Å². The highest BCUT2D eigenvalue weighted by Crippen LogP contribution is 2.28. The largest absolute Gasteiger partial charge is 0.356 e. The van der Waals surface area contributed by atoms with Crippen LogP contribution in [0.4, 0.5) is 0 Å². The minimum Gasteiger partial charge on any atom is -0.356 e. The van der Waals surface area contributed by atoms with Crippen LogP contribution in [0.2, 0.25) is 0 Å². The fraction of sp³-hybridized carbons (Fsp3) is 0.364. The number of nitrogens with one attached hydrogen (secondary N) is 1. The Hall–Kier alpha value is -2.62. The lowest BCUT2D eigenvalue weighted by molar-refractivity contribution is -0.121. The maximum atomic E-state index is 12.5. The molecule has 3 aromatic rings. The number of nitrogens with zero attached hydrogens (tertiary/aromatic N) is 2. The number of benzene rings is 1. The maximum Gasteiger partial charge on any atom is 0.220 e. The second-order valence-electron chi connectivity index (χ2n) is 7.24. The summed E-state index contributed by atoms with van der Waals surface area (Å²) in [5.41, 5.74) is 3.56. The number of rotatable bonds is 7. The third kappa shape index (κ3) is 4.31. The lowest BCUT2D eigenvalue weighted by atomic mass is 9.85. The standard InChI is InChI=1S/C22H27N3O/c1-16(2)20(18-9-7-17(3)8-10-18)14-22(26)23-12-11-21-24-15-19-6-4-5-13-25(19)21/h4-10,13,15-16,20H,11-12,14H2,1-3H3,(H,23,26). The summed E-state index contributed by atoms with van der Waals surface area (Å²) in [6, 6.07) is 14.5. The lowest BCUT2D eigenvalue weighted by Gasteiger charge is -2.21. The van der Waals surface area contributed by atoms with Crippen LogP contribution in [0.25, 0.3) is 5.52 Å². The molecule has 0 aliphatic rings. The van der Waals surface area contributed by atoms with Crippen LogP contribution in [0.5, 0.6) is 0 Å². The smallest absolute Gasteiger partial charge is 0.220 e. The van der Waals surface area contributed by atoms with Gasteiger partial charge in [-0.3, -0.25) is 4.79 Å². The van der Waals surface area contributed by atoms with Crippen LogP contribution < -0.4 is 5.32 Å². The zero-order valence-corrected chi connectivity index (χ0v) is 15.8. The SMILES string of the molecule is Cc1ccc(C(CC(=O)NCCc2ncc3ccccn23)C(C)C)cc1. The lowest BCUT2D eigenvalue weighted by Crippen LogP contribution is -2.28. The summed E-state index contributed by atoms with van der Waals surface area (Å²) in [6.07, 6.45) is 5.11. The van der Waals surface area contributed by atoms with E-state index in [0.717, 1.165) is 17.8 Å². The molecule has 4 heteroatoms. The van der Waals surface area contributed by atoms with E-state index in [0.29, 0.717) is 18.9 Å². The molecule has 1 unspecified atom stereocenters. The molecule has 0 aliphatic carbocycles. The number of hydrogen-bond donors (Lipinski definition) is 1. The Labute approximate surface area is 155 Å². The molecule has 2 aromatic heterocycles. The van der Waals surface area contributed by atoms with Crippen molar-refractivity contribution in [1.82, 2.24) is 14.7 Å². The van der Waals surface area contributed by atoms with Gasteiger partial charge in [-0.05, 0) is 36.5 Å². The molecule has 2 heterocycles. The molecule has 0 spiro atoms. The molecular weight excluding hydrogens is 322 g/mol. The van der Waals surface area contributed by atoms with E-state index in [4.69, 9.17) is 0 Å². The fourth-order valence-electron chi connectivity index (χ4n) is 3.32. The van der Waals surface area contributed by atoms with E-state index in [1.807, 2.05) is 30.6 Å². The maximum absolute atomic E-state index is 12.5. The van der Waals surface area contributed by atoms with E-state index in [1.165, 1.54) is 11.1 Å². The first kappa shape index (κ1) is 18.2. The summed E-state index contributed by atoms with van der Waals surface area (Å²) in [7, 11) is 0. The molecular formula is C22H27N3O. The molecule has 136 valence electrons.